The lowest BCUT2D eigenvalue weighted by Crippen LogP contribution is -2.27. The average molecular weight is 273 g/mol. The van der Waals surface area contributed by atoms with Crippen LogP contribution in [0.3, 0.4) is 0 Å². The molecular weight excluding hydrogens is 260 g/mol. The van der Waals surface area contributed by atoms with Crippen LogP contribution in [0, 0.1) is 0 Å². The molecule has 82 valence electrons. The van der Waals surface area contributed by atoms with Crippen LogP contribution >= 0.6 is 15.9 Å². The molecule has 1 amide bonds. The zero-order valence-electron chi connectivity index (χ0n) is 8.70. The summed E-state index contributed by atoms with van der Waals surface area (Å²) in [6, 6.07) is 0. The lowest BCUT2D eigenvalue weighted by molar-refractivity contribution is -0.120. The van der Waals surface area contributed by atoms with Gasteiger partial charge in [0.2, 0.25) is 5.91 Å². The number of rotatable bonds is 4. The second kappa shape index (κ2) is 5.65. The molecule has 1 heterocycles. The molecule has 0 saturated heterocycles. The Balaban J connectivity index is 2.57. The molecule has 0 bridgehead atoms. The van der Waals surface area contributed by atoms with Crippen LogP contribution in [0.15, 0.2) is 17.0 Å². The van der Waals surface area contributed by atoms with Gasteiger partial charge in [0.1, 0.15) is 12.1 Å². The van der Waals surface area contributed by atoms with E-state index in [-0.39, 0.29) is 5.91 Å². The van der Waals surface area contributed by atoms with Crippen LogP contribution < -0.4 is 10.2 Å². The Bertz CT molecular complexity index is 345. The normalized spacial score (nSPS) is 9.80. The quantitative estimate of drug-likeness (QED) is 0.882. The Morgan fingerprint density at radius 3 is 3.00 bits per heavy atom. The molecule has 1 aromatic rings. The standard InChI is InChI=1S/C9H13BrN4O/c1-11-8(15)3-4-14(2)9-7(10)5-12-6-13-9/h5-6H,3-4H2,1-2H3,(H,11,15). The minimum absolute atomic E-state index is 0.0204. The number of nitrogens with zero attached hydrogens (tertiary/aromatic N) is 3. The van der Waals surface area contributed by atoms with Gasteiger partial charge in [-0.2, -0.15) is 0 Å². The molecule has 0 unspecified atom stereocenters. The number of hydrogen-bond donors (Lipinski definition) is 1. The van der Waals surface area contributed by atoms with E-state index in [4.69, 9.17) is 0 Å². The first-order valence-corrected chi connectivity index (χ1v) is 5.31. The van der Waals surface area contributed by atoms with Crippen LogP contribution in [0.4, 0.5) is 5.82 Å². The third kappa shape index (κ3) is 3.47. The van der Waals surface area contributed by atoms with Gasteiger partial charge in [0.15, 0.2) is 0 Å². The summed E-state index contributed by atoms with van der Waals surface area (Å²) in [5.41, 5.74) is 0. The van der Waals surface area contributed by atoms with E-state index < -0.39 is 0 Å². The predicted octanol–water partition coefficient (Wildman–Crippen LogP) is 0.811. The Labute approximate surface area is 97.0 Å². The number of carbonyl (C=O) groups excluding carboxylic acids is 1. The molecule has 0 aromatic carbocycles. The second-order valence-corrected chi connectivity index (χ2v) is 3.89. The minimum Gasteiger partial charge on any atom is -0.359 e. The summed E-state index contributed by atoms with van der Waals surface area (Å²) in [6.07, 6.45) is 3.61. The van der Waals surface area contributed by atoms with Crippen LogP contribution in [0.2, 0.25) is 0 Å². The Kier molecular flexibility index (Phi) is 4.48. The maximum Gasteiger partial charge on any atom is 0.221 e. The van der Waals surface area contributed by atoms with Gasteiger partial charge >= 0.3 is 0 Å². The highest BCUT2D eigenvalue weighted by Gasteiger charge is 2.08. The van der Waals surface area contributed by atoms with Crippen molar-refractivity contribution in [1.82, 2.24) is 15.3 Å². The fraction of sp³-hybridized carbons (Fsp3) is 0.444. The van der Waals surface area contributed by atoms with Gasteiger partial charge in [0.25, 0.3) is 0 Å². The molecule has 0 aliphatic carbocycles. The van der Waals surface area contributed by atoms with Gasteiger partial charge < -0.3 is 10.2 Å². The third-order valence-corrected chi connectivity index (χ3v) is 2.52. The highest BCUT2D eigenvalue weighted by atomic mass is 79.9. The first-order valence-electron chi connectivity index (χ1n) is 4.52. The van der Waals surface area contributed by atoms with Crippen molar-refractivity contribution >= 4 is 27.7 Å². The van der Waals surface area contributed by atoms with Gasteiger partial charge in [0, 0.05) is 33.3 Å². The lowest BCUT2D eigenvalue weighted by Gasteiger charge is -2.18. The summed E-state index contributed by atoms with van der Waals surface area (Å²) in [6.45, 7) is 0.620. The van der Waals surface area contributed by atoms with Crippen molar-refractivity contribution in [2.75, 3.05) is 25.5 Å². The lowest BCUT2D eigenvalue weighted by atomic mass is 10.3. The zero-order valence-corrected chi connectivity index (χ0v) is 10.3. The summed E-state index contributed by atoms with van der Waals surface area (Å²) in [5, 5.41) is 2.58. The fourth-order valence-electron chi connectivity index (χ4n) is 1.09. The molecule has 0 radical (unpaired) electrons. The van der Waals surface area contributed by atoms with Crippen LogP contribution in [0.1, 0.15) is 6.42 Å². The molecule has 1 aromatic heterocycles. The van der Waals surface area contributed by atoms with Crippen molar-refractivity contribution in [3.05, 3.63) is 17.0 Å². The smallest absolute Gasteiger partial charge is 0.221 e. The van der Waals surface area contributed by atoms with Crippen LogP contribution in [0.25, 0.3) is 0 Å². The van der Waals surface area contributed by atoms with Gasteiger partial charge in [0.05, 0.1) is 4.47 Å². The number of anilines is 1. The van der Waals surface area contributed by atoms with E-state index in [9.17, 15) is 4.79 Å². The second-order valence-electron chi connectivity index (χ2n) is 3.04. The summed E-state index contributed by atoms with van der Waals surface area (Å²) < 4.78 is 0.824. The minimum atomic E-state index is 0.0204. The van der Waals surface area contributed by atoms with Crippen molar-refractivity contribution in [1.29, 1.82) is 0 Å². The Morgan fingerprint density at radius 1 is 1.67 bits per heavy atom. The van der Waals surface area contributed by atoms with Gasteiger partial charge in [-0.3, -0.25) is 4.79 Å². The van der Waals surface area contributed by atoms with Crippen molar-refractivity contribution in [2.45, 2.75) is 6.42 Å². The molecule has 1 rings (SSSR count). The fourth-order valence-corrected chi connectivity index (χ4v) is 1.61. The number of hydrogen-bond acceptors (Lipinski definition) is 4. The largest absolute Gasteiger partial charge is 0.359 e. The van der Waals surface area contributed by atoms with Crippen LogP contribution in [0.5, 0.6) is 0 Å². The molecule has 0 aliphatic heterocycles. The number of amides is 1. The van der Waals surface area contributed by atoms with E-state index in [1.807, 2.05) is 11.9 Å². The van der Waals surface area contributed by atoms with Crippen molar-refractivity contribution in [3.8, 4) is 0 Å². The Hall–Kier alpha value is -1.17. The molecule has 6 heteroatoms. The first-order chi connectivity index (χ1) is 7.15. The third-order valence-electron chi connectivity index (χ3n) is 1.96. The maximum absolute atomic E-state index is 11.1. The molecule has 1 N–H and O–H groups in total. The monoisotopic (exact) mass is 272 g/mol. The van der Waals surface area contributed by atoms with Crippen LogP contribution in [-0.2, 0) is 4.79 Å². The van der Waals surface area contributed by atoms with Crippen molar-refractivity contribution < 1.29 is 4.79 Å². The molecule has 0 aliphatic rings. The van der Waals surface area contributed by atoms with E-state index in [0.29, 0.717) is 13.0 Å². The van der Waals surface area contributed by atoms with Crippen LogP contribution in [-0.4, -0.2) is 36.5 Å². The van der Waals surface area contributed by atoms with Gasteiger partial charge in [-0.15, -0.1) is 0 Å². The zero-order chi connectivity index (χ0) is 11.3. The van der Waals surface area contributed by atoms with Gasteiger partial charge in [-0.25, -0.2) is 9.97 Å². The molecule has 5 nitrogen and oxygen atoms in total. The number of halogens is 1. The summed E-state index contributed by atoms with van der Waals surface area (Å²) >= 11 is 3.35. The molecule has 0 atom stereocenters. The molecule has 15 heavy (non-hydrogen) atoms. The first kappa shape index (κ1) is 11.9. The van der Waals surface area contributed by atoms with E-state index in [0.717, 1.165) is 10.3 Å². The van der Waals surface area contributed by atoms with Crippen molar-refractivity contribution in [3.63, 3.8) is 0 Å². The maximum atomic E-state index is 11.1. The van der Waals surface area contributed by atoms with Crippen molar-refractivity contribution in [2.24, 2.45) is 0 Å². The van der Waals surface area contributed by atoms with E-state index in [2.05, 4.69) is 31.2 Å². The number of nitrogens with one attached hydrogen (secondary N) is 1. The SMILES string of the molecule is CNC(=O)CCN(C)c1ncncc1Br. The number of aromatic nitrogens is 2. The summed E-state index contributed by atoms with van der Waals surface area (Å²) in [7, 11) is 3.51. The molecule has 0 fully saturated rings. The van der Waals surface area contributed by atoms with Gasteiger partial charge in [-0.1, -0.05) is 0 Å². The molecule has 0 spiro atoms. The Morgan fingerprint density at radius 2 is 2.40 bits per heavy atom. The molecule has 0 saturated carbocycles. The van der Waals surface area contributed by atoms with E-state index in [1.54, 1.807) is 13.2 Å². The summed E-state index contributed by atoms with van der Waals surface area (Å²) in [4.78, 5) is 20.9. The number of carbonyl (C=O) groups is 1. The van der Waals surface area contributed by atoms with E-state index in [1.165, 1.54) is 6.33 Å². The average Bonchev–Trinajstić information content (AvgIpc) is 2.26. The predicted molar refractivity (Wildman–Crippen MR) is 61.7 cm³/mol. The molecular formula is C9H13BrN4O. The highest BCUT2D eigenvalue weighted by molar-refractivity contribution is 9.10. The van der Waals surface area contributed by atoms with E-state index >= 15 is 0 Å². The van der Waals surface area contributed by atoms with Gasteiger partial charge in [-0.05, 0) is 15.9 Å². The topological polar surface area (TPSA) is 58.1 Å². The highest BCUT2D eigenvalue weighted by Crippen LogP contribution is 2.20. The summed E-state index contributed by atoms with van der Waals surface area (Å²) in [5.74, 6) is 0.806.